The lowest BCUT2D eigenvalue weighted by atomic mass is 10.0. The highest BCUT2D eigenvalue weighted by Crippen LogP contribution is 2.07. The van der Waals surface area contributed by atoms with Gasteiger partial charge in [-0.2, -0.15) is 0 Å². The van der Waals surface area contributed by atoms with E-state index in [-0.39, 0.29) is 7.43 Å². The van der Waals surface area contributed by atoms with E-state index in [9.17, 15) is 0 Å². The molecule has 0 aromatic rings. The lowest BCUT2D eigenvalue weighted by Crippen LogP contribution is -1.93. The van der Waals surface area contributed by atoms with E-state index in [1.165, 1.54) is 5.57 Å². The number of hydrogen-bond donors (Lipinski definition) is 0. The van der Waals surface area contributed by atoms with Crippen molar-refractivity contribution in [1.29, 1.82) is 0 Å². The average molecular weight is 144 g/mol. The van der Waals surface area contributed by atoms with E-state index in [1.807, 2.05) is 13.8 Å². The van der Waals surface area contributed by atoms with Crippen LogP contribution in [0.4, 0.5) is 0 Å². The van der Waals surface area contributed by atoms with Gasteiger partial charge in [0.05, 0.1) is 0 Å². The summed E-state index contributed by atoms with van der Waals surface area (Å²) in [4.78, 5) is 0. The van der Waals surface area contributed by atoms with Crippen molar-refractivity contribution in [2.45, 2.75) is 49.0 Å². The number of rotatable bonds is 0. The fraction of sp³-hybridized carbons (Fsp3) is 0.800. The molecule has 0 radical (unpaired) electrons. The van der Waals surface area contributed by atoms with Crippen LogP contribution in [0.3, 0.4) is 0 Å². The minimum atomic E-state index is 0. The molecule has 0 aromatic heterocycles. The molecule has 0 aliphatic rings. The minimum Gasteiger partial charge on any atom is -0.100 e. The molecule has 0 aliphatic carbocycles. The summed E-state index contributed by atoms with van der Waals surface area (Å²) in [6, 6.07) is 0. The molecule has 0 fully saturated rings. The topological polar surface area (TPSA) is 0 Å². The Hall–Kier alpha value is -0.260. The van der Waals surface area contributed by atoms with E-state index in [0.717, 1.165) is 0 Å². The molecule has 64 valence electrons. The van der Waals surface area contributed by atoms with Crippen LogP contribution in [-0.2, 0) is 0 Å². The van der Waals surface area contributed by atoms with Crippen LogP contribution < -0.4 is 0 Å². The highest BCUT2D eigenvalue weighted by Gasteiger charge is 1.95. The molecule has 0 nitrogen and oxygen atoms in total. The Balaban J connectivity index is -0.0000000910. The first-order chi connectivity index (χ1) is 3.73. The normalized spacial score (nSPS) is 8.60. The highest BCUT2D eigenvalue weighted by atomic mass is 14.0. The second kappa shape index (κ2) is 6.85. The second-order valence-corrected chi connectivity index (χ2v) is 4.21. The van der Waals surface area contributed by atoms with E-state index in [1.54, 1.807) is 0 Å². The molecule has 0 saturated heterocycles. The summed E-state index contributed by atoms with van der Waals surface area (Å²) in [6.45, 7) is 16.2. The van der Waals surface area contributed by atoms with Crippen molar-refractivity contribution in [3.8, 4) is 0 Å². The first-order valence-electron chi connectivity index (χ1n) is 3.35. The van der Waals surface area contributed by atoms with Crippen LogP contribution in [0.15, 0.2) is 12.2 Å². The fourth-order valence-corrected chi connectivity index (χ4v) is 0. The van der Waals surface area contributed by atoms with Crippen LogP contribution in [0, 0.1) is 5.41 Å². The quantitative estimate of drug-likeness (QED) is 0.445. The zero-order chi connectivity index (χ0) is 8.08. The van der Waals surface area contributed by atoms with Crippen molar-refractivity contribution in [3.05, 3.63) is 12.2 Å². The van der Waals surface area contributed by atoms with Crippen LogP contribution >= 0.6 is 0 Å². The van der Waals surface area contributed by atoms with Gasteiger partial charge in [0.15, 0.2) is 0 Å². The molecule has 0 aliphatic heterocycles. The molecule has 0 spiro atoms. The summed E-state index contributed by atoms with van der Waals surface area (Å²) in [6.07, 6.45) is 0. The molecule has 0 amide bonds. The maximum Gasteiger partial charge on any atom is -0.0411 e. The third-order valence-electron chi connectivity index (χ3n) is 0. The Labute approximate surface area is 67.3 Å². The van der Waals surface area contributed by atoms with Crippen molar-refractivity contribution in [2.75, 3.05) is 0 Å². The molecule has 10 heavy (non-hydrogen) atoms. The van der Waals surface area contributed by atoms with Crippen LogP contribution in [0.5, 0.6) is 0 Å². The molecule has 0 heterocycles. The Bertz CT molecular complexity index is 62.5. The first-order valence-corrected chi connectivity index (χ1v) is 3.35. The Morgan fingerprint density at radius 2 is 1.00 bits per heavy atom. The second-order valence-electron chi connectivity index (χ2n) is 4.21. The smallest absolute Gasteiger partial charge is 0.0411 e. The van der Waals surface area contributed by atoms with Gasteiger partial charge in [-0.1, -0.05) is 40.7 Å². The monoisotopic (exact) mass is 144 g/mol. The van der Waals surface area contributed by atoms with E-state index < -0.39 is 0 Å². The van der Waals surface area contributed by atoms with Crippen LogP contribution in [-0.4, -0.2) is 0 Å². The van der Waals surface area contributed by atoms with Gasteiger partial charge in [-0.05, 0) is 19.3 Å². The third-order valence-corrected chi connectivity index (χ3v) is 0. The molecule has 0 saturated carbocycles. The van der Waals surface area contributed by atoms with Gasteiger partial charge in [-0.15, -0.1) is 6.58 Å². The van der Waals surface area contributed by atoms with Crippen LogP contribution in [0.25, 0.3) is 0 Å². The van der Waals surface area contributed by atoms with Crippen molar-refractivity contribution in [1.82, 2.24) is 0 Å². The SMILES string of the molecule is C.C=C(C)C.CC(C)(C)C. The van der Waals surface area contributed by atoms with Crippen molar-refractivity contribution in [3.63, 3.8) is 0 Å². The highest BCUT2D eigenvalue weighted by molar-refractivity contribution is 4.78. The summed E-state index contributed by atoms with van der Waals surface area (Å²) in [7, 11) is 0. The van der Waals surface area contributed by atoms with Crippen molar-refractivity contribution >= 4 is 0 Å². The molecule has 0 N–H and O–H groups in total. The summed E-state index contributed by atoms with van der Waals surface area (Å²) in [5, 5.41) is 0. The maximum absolute atomic E-state index is 3.56. The van der Waals surface area contributed by atoms with E-state index in [0.29, 0.717) is 5.41 Å². The Kier molecular flexibility index (Phi) is 11.2. The Morgan fingerprint density at radius 1 is 1.00 bits per heavy atom. The largest absolute Gasteiger partial charge is 0.100 e. The lowest BCUT2D eigenvalue weighted by molar-refractivity contribution is 0.469. The zero-order valence-corrected chi connectivity index (χ0v) is 7.71. The average Bonchev–Trinajstić information content (AvgIpc) is 1.19. The molecule has 0 atom stereocenters. The van der Waals surface area contributed by atoms with Crippen molar-refractivity contribution < 1.29 is 0 Å². The first kappa shape index (κ1) is 16.4. The van der Waals surface area contributed by atoms with Gasteiger partial charge in [0, 0.05) is 0 Å². The van der Waals surface area contributed by atoms with Crippen LogP contribution in [0.2, 0.25) is 0 Å². The van der Waals surface area contributed by atoms with Gasteiger partial charge in [-0.25, -0.2) is 0 Å². The molecule has 0 bridgehead atoms. The van der Waals surface area contributed by atoms with E-state index in [2.05, 4.69) is 34.3 Å². The minimum absolute atomic E-state index is 0. The van der Waals surface area contributed by atoms with Gasteiger partial charge in [0.1, 0.15) is 0 Å². The van der Waals surface area contributed by atoms with Gasteiger partial charge in [-0.3, -0.25) is 0 Å². The number of allylic oxidation sites excluding steroid dienone is 1. The van der Waals surface area contributed by atoms with Crippen molar-refractivity contribution in [2.24, 2.45) is 5.41 Å². The maximum atomic E-state index is 3.56. The third kappa shape index (κ3) is 5200. The van der Waals surface area contributed by atoms with Gasteiger partial charge in [0.2, 0.25) is 0 Å². The summed E-state index contributed by atoms with van der Waals surface area (Å²) in [5.41, 5.74) is 1.67. The standard InChI is InChI=1S/C5H12.C4H8.CH4/c1-5(2,3)4;1-4(2)3;/h1-4H3;1H2,2-3H3;1H4. The van der Waals surface area contributed by atoms with Gasteiger partial charge >= 0.3 is 0 Å². The molecule has 0 heteroatoms. The van der Waals surface area contributed by atoms with Gasteiger partial charge < -0.3 is 0 Å². The summed E-state index contributed by atoms with van der Waals surface area (Å²) >= 11 is 0. The summed E-state index contributed by atoms with van der Waals surface area (Å²) < 4.78 is 0. The van der Waals surface area contributed by atoms with E-state index >= 15 is 0 Å². The summed E-state index contributed by atoms with van der Waals surface area (Å²) in [5.74, 6) is 0. The van der Waals surface area contributed by atoms with Gasteiger partial charge in [0.25, 0.3) is 0 Å². The van der Waals surface area contributed by atoms with Crippen LogP contribution in [0.1, 0.15) is 49.0 Å². The molecule has 0 unspecified atom stereocenters. The van der Waals surface area contributed by atoms with E-state index in [4.69, 9.17) is 0 Å². The molecule has 0 rings (SSSR count). The fourth-order valence-electron chi connectivity index (χ4n) is 0. The molecular weight excluding hydrogens is 120 g/mol. The predicted molar refractivity (Wildman–Crippen MR) is 52.3 cm³/mol. The Morgan fingerprint density at radius 3 is 1.00 bits per heavy atom. The number of hydrogen-bond acceptors (Lipinski definition) is 0. The molecule has 0 aromatic carbocycles. The zero-order valence-electron chi connectivity index (χ0n) is 7.71. The predicted octanol–water partition coefficient (Wildman–Crippen LogP) is 4.27. The lowest BCUT2D eigenvalue weighted by Gasteiger charge is -2.05. The molecular formula is C10H24.